The van der Waals surface area contributed by atoms with E-state index in [-0.39, 0.29) is 6.61 Å². The molecule has 1 heterocycles. The fourth-order valence-electron chi connectivity index (χ4n) is 1.60. The molecule has 16 heavy (non-hydrogen) atoms. The van der Waals surface area contributed by atoms with Crippen LogP contribution in [-0.4, -0.2) is 23.2 Å². The Labute approximate surface area is 98.1 Å². The SMILES string of the molecule is Cc1nc(N(C)C(C)C(C)C)ccc1CO. The quantitative estimate of drug-likeness (QED) is 0.849. The zero-order chi connectivity index (χ0) is 12.3. The van der Waals surface area contributed by atoms with Crippen molar-refractivity contribution in [1.29, 1.82) is 0 Å². The summed E-state index contributed by atoms with van der Waals surface area (Å²) in [4.78, 5) is 6.69. The molecule has 0 amide bonds. The largest absolute Gasteiger partial charge is 0.392 e. The molecule has 0 saturated carbocycles. The van der Waals surface area contributed by atoms with Gasteiger partial charge in [0.25, 0.3) is 0 Å². The van der Waals surface area contributed by atoms with Gasteiger partial charge in [-0.2, -0.15) is 0 Å². The molecule has 1 N–H and O–H groups in total. The molecule has 1 aromatic heterocycles. The van der Waals surface area contributed by atoms with E-state index in [9.17, 15) is 0 Å². The van der Waals surface area contributed by atoms with E-state index in [2.05, 4.69) is 37.7 Å². The molecule has 0 saturated heterocycles. The fraction of sp³-hybridized carbons (Fsp3) is 0.615. The Morgan fingerprint density at radius 3 is 2.38 bits per heavy atom. The van der Waals surface area contributed by atoms with Crippen molar-refractivity contribution in [1.82, 2.24) is 4.98 Å². The third-order valence-electron chi connectivity index (χ3n) is 3.29. The van der Waals surface area contributed by atoms with Gasteiger partial charge in [-0.3, -0.25) is 0 Å². The van der Waals surface area contributed by atoms with Gasteiger partial charge in [-0.25, -0.2) is 4.98 Å². The number of anilines is 1. The first-order valence-corrected chi connectivity index (χ1v) is 5.77. The van der Waals surface area contributed by atoms with Crippen molar-refractivity contribution < 1.29 is 5.11 Å². The molecular weight excluding hydrogens is 200 g/mol. The van der Waals surface area contributed by atoms with Gasteiger partial charge in [0.15, 0.2) is 0 Å². The van der Waals surface area contributed by atoms with E-state index in [1.54, 1.807) is 0 Å². The number of aliphatic hydroxyl groups is 1. The molecule has 0 aliphatic carbocycles. The highest BCUT2D eigenvalue weighted by Gasteiger charge is 2.15. The highest BCUT2D eigenvalue weighted by Crippen LogP contribution is 2.18. The van der Waals surface area contributed by atoms with Crippen LogP contribution in [0.2, 0.25) is 0 Å². The molecule has 0 spiro atoms. The van der Waals surface area contributed by atoms with E-state index in [1.807, 2.05) is 19.1 Å². The first kappa shape index (κ1) is 13.0. The predicted octanol–water partition coefficient (Wildman–Crippen LogP) is 2.36. The molecule has 3 heteroatoms. The van der Waals surface area contributed by atoms with Crippen molar-refractivity contribution in [3.05, 3.63) is 23.4 Å². The van der Waals surface area contributed by atoms with Crippen LogP contribution in [0.25, 0.3) is 0 Å². The summed E-state index contributed by atoms with van der Waals surface area (Å²) in [5, 5.41) is 9.09. The summed E-state index contributed by atoms with van der Waals surface area (Å²) in [6.45, 7) is 8.60. The van der Waals surface area contributed by atoms with Crippen LogP contribution in [0, 0.1) is 12.8 Å². The van der Waals surface area contributed by atoms with Crippen molar-refractivity contribution in [2.75, 3.05) is 11.9 Å². The fourth-order valence-corrected chi connectivity index (χ4v) is 1.60. The van der Waals surface area contributed by atoms with Crippen molar-refractivity contribution >= 4 is 5.82 Å². The third-order valence-corrected chi connectivity index (χ3v) is 3.29. The molecule has 3 nitrogen and oxygen atoms in total. The number of pyridine rings is 1. The second-order valence-electron chi connectivity index (χ2n) is 4.67. The molecule has 1 atom stereocenters. The molecule has 0 bridgehead atoms. The number of hydrogen-bond acceptors (Lipinski definition) is 3. The maximum atomic E-state index is 9.09. The van der Waals surface area contributed by atoms with Crippen LogP contribution in [0.15, 0.2) is 12.1 Å². The van der Waals surface area contributed by atoms with Crippen LogP contribution < -0.4 is 4.90 Å². The molecule has 90 valence electrons. The summed E-state index contributed by atoms with van der Waals surface area (Å²) in [6, 6.07) is 4.37. The minimum atomic E-state index is 0.0581. The zero-order valence-corrected chi connectivity index (χ0v) is 10.9. The van der Waals surface area contributed by atoms with Crippen LogP contribution in [0.4, 0.5) is 5.82 Å². The highest BCUT2D eigenvalue weighted by atomic mass is 16.3. The van der Waals surface area contributed by atoms with E-state index in [1.165, 1.54) is 0 Å². The third kappa shape index (κ3) is 2.73. The molecule has 0 radical (unpaired) electrons. The van der Waals surface area contributed by atoms with E-state index in [0.29, 0.717) is 12.0 Å². The lowest BCUT2D eigenvalue weighted by Gasteiger charge is -2.29. The van der Waals surface area contributed by atoms with Gasteiger partial charge in [0.05, 0.1) is 6.61 Å². The Morgan fingerprint density at radius 2 is 1.94 bits per heavy atom. The van der Waals surface area contributed by atoms with Gasteiger partial charge in [0.2, 0.25) is 0 Å². The summed E-state index contributed by atoms with van der Waals surface area (Å²) in [5.74, 6) is 1.56. The molecule has 0 fully saturated rings. The number of nitrogens with zero attached hydrogens (tertiary/aromatic N) is 2. The highest BCUT2D eigenvalue weighted by molar-refractivity contribution is 5.41. The monoisotopic (exact) mass is 222 g/mol. The Kier molecular flexibility index (Phi) is 4.30. The molecule has 1 unspecified atom stereocenters. The molecule has 1 aromatic rings. The lowest BCUT2D eigenvalue weighted by molar-refractivity contribution is 0.280. The maximum Gasteiger partial charge on any atom is 0.128 e. The summed E-state index contributed by atoms with van der Waals surface area (Å²) in [6.07, 6.45) is 0. The summed E-state index contributed by atoms with van der Waals surface area (Å²) >= 11 is 0. The number of aryl methyl sites for hydroxylation is 1. The average molecular weight is 222 g/mol. The average Bonchev–Trinajstić information content (AvgIpc) is 2.26. The number of hydrogen-bond donors (Lipinski definition) is 1. The maximum absolute atomic E-state index is 9.09. The Bertz CT molecular complexity index is 350. The second kappa shape index (κ2) is 5.30. The van der Waals surface area contributed by atoms with Gasteiger partial charge in [-0.15, -0.1) is 0 Å². The molecule has 1 rings (SSSR count). The van der Waals surface area contributed by atoms with Gasteiger partial charge in [-0.05, 0) is 31.4 Å². The number of rotatable bonds is 4. The smallest absolute Gasteiger partial charge is 0.128 e. The molecule has 0 aliphatic heterocycles. The topological polar surface area (TPSA) is 36.4 Å². The predicted molar refractivity (Wildman–Crippen MR) is 67.6 cm³/mol. The van der Waals surface area contributed by atoms with Crippen LogP contribution in [0.1, 0.15) is 32.0 Å². The van der Waals surface area contributed by atoms with Crippen molar-refractivity contribution in [2.24, 2.45) is 5.92 Å². The van der Waals surface area contributed by atoms with Crippen LogP contribution in [-0.2, 0) is 6.61 Å². The zero-order valence-electron chi connectivity index (χ0n) is 10.9. The summed E-state index contributed by atoms with van der Waals surface area (Å²) in [5.41, 5.74) is 1.80. The molecule has 0 aliphatic rings. The van der Waals surface area contributed by atoms with Crippen LogP contribution in [0.3, 0.4) is 0 Å². The first-order valence-electron chi connectivity index (χ1n) is 5.77. The van der Waals surface area contributed by atoms with Gasteiger partial charge >= 0.3 is 0 Å². The minimum absolute atomic E-state index is 0.0581. The van der Waals surface area contributed by atoms with E-state index in [4.69, 9.17) is 5.11 Å². The van der Waals surface area contributed by atoms with Crippen molar-refractivity contribution in [3.8, 4) is 0 Å². The Hall–Kier alpha value is -1.09. The summed E-state index contributed by atoms with van der Waals surface area (Å²) < 4.78 is 0. The Morgan fingerprint density at radius 1 is 1.31 bits per heavy atom. The van der Waals surface area contributed by atoms with Gasteiger partial charge < -0.3 is 10.0 Å². The first-order chi connectivity index (χ1) is 7.47. The van der Waals surface area contributed by atoms with E-state index in [0.717, 1.165) is 17.1 Å². The normalized spacial score (nSPS) is 12.9. The van der Waals surface area contributed by atoms with Gasteiger partial charge in [0, 0.05) is 18.8 Å². The van der Waals surface area contributed by atoms with Crippen molar-refractivity contribution in [3.63, 3.8) is 0 Å². The molecule has 0 aromatic carbocycles. The minimum Gasteiger partial charge on any atom is -0.392 e. The number of aromatic nitrogens is 1. The van der Waals surface area contributed by atoms with Crippen molar-refractivity contribution in [2.45, 2.75) is 40.3 Å². The molecular formula is C13H22N2O. The standard InChI is InChI=1S/C13H22N2O/c1-9(2)11(4)15(5)13-7-6-12(8-16)10(3)14-13/h6-7,9,11,16H,8H2,1-5H3. The van der Waals surface area contributed by atoms with Crippen LogP contribution in [0.5, 0.6) is 0 Å². The van der Waals surface area contributed by atoms with Gasteiger partial charge in [-0.1, -0.05) is 19.9 Å². The lowest BCUT2D eigenvalue weighted by atomic mass is 10.1. The van der Waals surface area contributed by atoms with Crippen LogP contribution >= 0.6 is 0 Å². The summed E-state index contributed by atoms with van der Waals surface area (Å²) in [7, 11) is 2.06. The van der Waals surface area contributed by atoms with E-state index < -0.39 is 0 Å². The van der Waals surface area contributed by atoms with Gasteiger partial charge in [0.1, 0.15) is 5.82 Å². The lowest BCUT2D eigenvalue weighted by Crippen LogP contribution is -2.33. The van der Waals surface area contributed by atoms with E-state index >= 15 is 0 Å². The number of aliphatic hydroxyl groups excluding tert-OH is 1. The Balaban J connectivity index is 2.92. The second-order valence-corrected chi connectivity index (χ2v) is 4.67.